The molecule has 0 heterocycles. The van der Waals surface area contributed by atoms with Crippen molar-refractivity contribution in [2.75, 3.05) is 13.6 Å². The second kappa shape index (κ2) is 7.46. The minimum absolute atomic E-state index is 0.0540. The van der Waals surface area contributed by atoms with E-state index >= 15 is 0 Å². The van der Waals surface area contributed by atoms with Crippen LogP contribution in [0.15, 0.2) is 0 Å². The summed E-state index contributed by atoms with van der Waals surface area (Å²) in [6, 6.07) is 1.34. The Morgan fingerprint density at radius 1 is 1.53 bits per heavy atom. The fourth-order valence-corrected chi connectivity index (χ4v) is 1.03. The zero-order chi connectivity index (χ0) is 13.4. The molecule has 0 aliphatic heterocycles. The van der Waals surface area contributed by atoms with E-state index in [1.807, 2.05) is 6.07 Å². The number of carbonyl (C=O) groups is 2. The predicted octanol–water partition coefficient (Wildman–Crippen LogP) is -0.234. The van der Waals surface area contributed by atoms with E-state index < -0.39 is 18.1 Å². The summed E-state index contributed by atoms with van der Waals surface area (Å²) in [6.07, 6.45) is -1.31. The first-order chi connectivity index (χ1) is 7.90. The van der Waals surface area contributed by atoms with E-state index in [4.69, 9.17) is 15.5 Å². The molecule has 0 saturated carbocycles. The minimum Gasteiger partial charge on any atom is -0.479 e. The molecule has 0 aliphatic carbocycles. The molecule has 3 N–H and O–H groups in total. The van der Waals surface area contributed by atoms with Gasteiger partial charge in [-0.2, -0.15) is 5.26 Å². The number of rotatable bonds is 6. The first-order valence-corrected chi connectivity index (χ1v) is 5.18. The van der Waals surface area contributed by atoms with Gasteiger partial charge in [-0.1, -0.05) is 0 Å². The average Bonchev–Trinajstić information content (AvgIpc) is 2.27. The van der Waals surface area contributed by atoms with Crippen molar-refractivity contribution in [1.82, 2.24) is 10.2 Å². The SMILES string of the molecule is CC(CC#N)N(C)C(=O)NCCC(O)C(=O)O. The zero-order valence-corrected chi connectivity index (χ0v) is 9.88. The van der Waals surface area contributed by atoms with E-state index in [2.05, 4.69) is 5.32 Å². The van der Waals surface area contributed by atoms with Crippen molar-refractivity contribution in [3.05, 3.63) is 0 Å². The molecule has 17 heavy (non-hydrogen) atoms. The summed E-state index contributed by atoms with van der Waals surface area (Å²) >= 11 is 0. The number of carboxylic acid groups (broad SMARTS) is 1. The predicted molar refractivity (Wildman–Crippen MR) is 59.1 cm³/mol. The Morgan fingerprint density at radius 3 is 2.59 bits per heavy atom. The van der Waals surface area contributed by atoms with Gasteiger partial charge in [-0.3, -0.25) is 0 Å². The van der Waals surface area contributed by atoms with Gasteiger partial charge in [0.05, 0.1) is 12.5 Å². The lowest BCUT2D eigenvalue weighted by Gasteiger charge is -2.23. The van der Waals surface area contributed by atoms with Gasteiger partial charge in [0.1, 0.15) is 0 Å². The lowest BCUT2D eigenvalue weighted by Crippen LogP contribution is -2.43. The number of hydrogen-bond acceptors (Lipinski definition) is 4. The molecule has 2 unspecified atom stereocenters. The molecule has 2 atom stereocenters. The molecule has 7 nitrogen and oxygen atoms in total. The molecule has 0 spiro atoms. The van der Waals surface area contributed by atoms with Crippen molar-refractivity contribution in [1.29, 1.82) is 5.26 Å². The quantitative estimate of drug-likeness (QED) is 0.596. The Kier molecular flexibility index (Phi) is 6.67. The average molecular weight is 243 g/mol. The van der Waals surface area contributed by atoms with Crippen LogP contribution in [-0.2, 0) is 4.79 Å². The number of carbonyl (C=O) groups excluding carboxylic acids is 1. The van der Waals surface area contributed by atoms with Crippen molar-refractivity contribution < 1.29 is 19.8 Å². The summed E-state index contributed by atoms with van der Waals surface area (Å²) in [6.45, 7) is 1.80. The Labute approximate surface area is 99.6 Å². The zero-order valence-electron chi connectivity index (χ0n) is 9.88. The highest BCUT2D eigenvalue weighted by atomic mass is 16.4. The number of nitrogens with one attached hydrogen (secondary N) is 1. The number of nitriles is 1. The highest BCUT2D eigenvalue weighted by Crippen LogP contribution is 2.00. The number of aliphatic hydroxyl groups excluding tert-OH is 1. The third-order valence-electron chi connectivity index (χ3n) is 2.35. The fraction of sp³-hybridized carbons (Fsp3) is 0.700. The van der Waals surface area contributed by atoms with E-state index in [0.717, 1.165) is 0 Å². The second-order valence-electron chi connectivity index (χ2n) is 3.70. The highest BCUT2D eigenvalue weighted by Gasteiger charge is 2.16. The number of urea groups is 1. The Balaban J connectivity index is 3.94. The standard InChI is InChI=1S/C10H17N3O4/c1-7(3-5-11)13(2)10(17)12-6-4-8(14)9(15)16/h7-8,14H,3-4,6H2,1-2H3,(H,12,17)(H,15,16). The van der Waals surface area contributed by atoms with Crippen LogP contribution in [0, 0.1) is 11.3 Å². The summed E-state index contributed by atoms with van der Waals surface area (Å²) < 4.78 is 0. The Bertz CT molecular complexity index is 313. The van der Waals surface area contributed by atoms with Gasteiger partial charge in [0.15, 0.2) is 6.10 Å². The summed E-state index contributed by atoms with van der Waals surface area (Å²) in [7, 11) is 1.55. The summed E-state index contributed by atoms with van der Waals surface area (Å²) in [5.74, 6) is -1.31. The summed E-state index contributed by atoms with van der Waals surface area (Å²) in [5.41, 5.74) is 0. The molecule has 0 saturated heterocycles. The lowest BCUT2D eigenvalue weighted by atomic mass is 10.2. The third kappa shape index (κ3) is 5.73. The van der Waals surface area contributed by atoms with Crippen molar-refractivity contribution in [3.63, 3.8) is 0 Å². The molecule has 2 amide bonds. The molecular formula is C10H17N3O4. The van der Waals surface area contributed by atoms with Crippen LogP contribution < -0.4 is 5.32 Å². The lowest BCUT2D eigenvalue weighted by molar-refractivity contribution is -0.146. The Hall–Kier alpha value is -1.81. The molecule has 0 aromatic heterocycles. The van der Waals surface area contributed by atoms with E-state index in [-0.39, 0.29) is 25.4 Å². The highest BCUT2D eigenvalue weighted by molar-refractivity contribution is 5.74. The van der Waals surface area contributed by atoms with Gasteiger partial charge >= 0.3 is 12.0 Å². The molecule has 0 aliphatic rings. The van der Waals surface area contributed by atoms with Gasteiger partial charge in [-0.25, -0.2) is 9.59 Å². The van der Waals surface area contributed by atoms with E-state index in [0.29, 0.717) is 0 Å². The number of hydrogen-bond donors (Lipinski definition) is 3. The van der Waals surface area contributed by atoms with Crippen LogP contribution in [-0.4, -0.2) is 52.9 Å². The van der Waals surface area contributed by atoms with Gasteiger partial charge in [-0.05, 0) is 6.92 Å². The number of amides is 2. The fourth-order valence-electron chi connectivity index (χ4n) is 1.03. The number of aliphatic carboxylic acids is 1. The van der Waals surface area contributed by atoms with Gasteiger partial charge in [0, 0.05) is 26.1 Å². The molecule has 0 rings (SSSR count). The summed E-state index contributed by atoms with van der Waals surface area (Å²) in [5, 5.41) is 28.3. The van der Waals surface area contributed by atoms with Crippen molar-refractivity contribution >= 4 is 12.0 Å². The Morgan fingerprint density at radius 2 is 2.12 bits per heavy atom. The van der Waals surface area contributed by atoms with Crippen molar-refractivity contribution in [3.8, 4) is 6.07 Å². The molecule has 0 radical (unpaired) electrons. The van der Waals surface area contributed by atoms with Crippen LogP contribution in [0.4, 0.5) is 4.79 Å². The molecule has 0 aromatic carbocycles. The molecule has 0 aromatic rings. The maximum atomic E-state index is 11.5. The van der Waals surface area contributed by atoms with Crippen LogP contribution in [0.1, 0.15) is 19.8 Å². The molecule has 96 valence electrons. The topological polar surface area (TPSA) is 114 Å². The first kappa shape index (κ1) is 15.2. The van der Waals surface area contributed by atoms with E-state index in [1.54, 1.807) is 14.0 Å². The molecular weight excluding hydrogens is 226 g/mol. The van der Waals surface area contributed by atoms with E-state index in [1.165, 1.54) is 4.90 Å². The molecule has 7 heteroatoms. The maximum Gasteiger partial charge on any atom is 0.332 e. The van der Waals surface area contributed by atoms with Gasteiger partial charge in [-0.15, -0.1) is 0 Å². The second-order valence-corrected chi connectivity index (χ2v) is 3.70. The number of carboxylic acids is 1. The van der Waals surface area contributed by atoms with Gasteiger partial charge in [0.25, 0.3) is 0 Å². The largest absolute Gasteiger partial charge is 0.479 e. The summed E-state index contributed by atoms with van der Waals surface area (Å²) in [4.78, 5) is 23.1. The monoisotopic (exact) mass is 243 g/mol. The van der Waals surface area contributed by atoms with Crippen LogP contribution in [0.25, 0.3) is 0 Å². The third-order valence-corrected chi connectivity index (χ3v) is 2.35. The number of aliphatic hydroxyl groups is 1. The van der Waals surface area contributed by atoms with Gasteiger partial charge < -0.3 is 20.4 Å². The number of nitrogens with zero attached hydrogens (tertiary/aromatic N) is 2. The smallest absolute Gasteiger partial charge is 0.332 e. The first-order valence-electron chi connectivity index (χ1n) is 5.18. The van der Waals surface area contributed by atoms with Crippen molar-refractivity contribution in [2.45, 2.75) is 31.9 Å². The minimum atomic E-state index is -1.47. The molecule has 0 bridgehead atoms. The molecule has 0 fully saturated rings. The van der Waals surface area contributed by atoms with Crippen LogP contribution >= 0.6 is 0 Å². The maximum absolute atomic E-state index is 11.5. The van der Waals surface area contributed by atoms with Gasteiger partial charge in [0.2, 0.25) is 0 Å². The van der Waals surface area contributed by atoms with E-state index in [9.17, 15) is 9.59 Å². The van der Waals surface area contributed by atoms with Crippen LogP contribution in [0.3, 0.4) is 0 Å². The van der Waals surface area contributed by atoms with Crippen LogP contribution in [0.5, 0.6) is 0 Å². The van der Waals surface area contributed by atoms with Crippen LogP contribution in [0.2, 0.25) is 0 Å². The normalized spacial score (nSPS) is 13.3. The van der Waals surface area contributed by atoms with Crippen molar-refractivity contribution in [2.24, 2.45) is 0 Å².